The molecule has 0 aliphatic heterocycles. The molecular weight excluding hydrogens is 405 g/mol. The monoisotopic (exact) mass is 428 g/mol. The van der Waals surface area contributed by atoms with E-state index in [1.165, 1.54) is 14.1 Å². The second-order valence-corrected chi connectivity index (χ2v) is 9.40. The summed E-state index contributed by atoms with van der Waals surface area (Å²) < 4.78 is 67.1. The van der Waals surface area contributed by atoms with Crippen molar-refractivity contribution in [2.75, 3.05) is 14.1 Å². The molecule has 3 rings (SSSR count). The molecule has 0 amide bonds. The fraction of sp³-hybridized carbons (Fsp3) is 0.400. The van der Waals surface area contributed by atoms with Crippen molar-refractivity contribution in [1.82, 2.24) is 9.03 Å². The van der Waals surface area contributed by atoms with Crippen LogP contribution in [0.25, 0.3) is 0 Å². The molecule has 1 aliphatic rings. The van der Waals surface area contributed by atoms with Gasteiger partial charge in [0.05, 0.1) is 12.2 Å². The molecule has 0 aromatic heterocycles. The third-order valence-corrected chi connectivity index (χ3v) is 6.56. The number of fused-ring (bicyclic) bond motifs is 1. The van der Waals surface area contributed by atoms with Crippen molar-refractivity contribution in [1.29, 1.82) is 0 Å². The lowest BCUT2D eigenvalue weighted by atomic mass is 9.97. The fourth-order valence-electron chi connectivity index (χ4n) is 3.54. The van der Waals surface area contributed by atoms with E-state index in [9.17, 15) is 26.7 Å². The van der Waals surface area contributed by atoms with E-state index in [-0.39, 0.29) is 18.0 Å². The number of benzene rings is 2. The highest BCUT2D eigenvalue weighted by molar-refractivity contribution is 7.87. The van der Waals surface area contributed by atoms with Crippen LogP contribution >= 0.6 is 0 Å². The zero-order valence-electron chi connectivity index (χ0n) is 16.1. The Hall–Kier alpha value is -1.94. The molecule has 1 unspecified atom stereocenters. The Morgan fingerprint density at radius 3 is 2.31 bits per heavy atom. The van der Waals surface area contributed by atoms with Gasteiger partial charge in [0.1, 0.15) is 0 Å². The first kappa shape index (κ1) is 21.8. The van der Waals surface area contributed by atoms with E-state index < -0.39 is 28.6 Å². The molecule has 29 heavy (non-hydrogen) atoms. The number of nitrogens with one attached hydrogen (secondary N) is 1. The highest BCUT2D eigenvalue weighted by Crippen LogP contribution is 2.32. The molecule has 0 radical (unpaired) electrons. The molecule has 2 N–H and O–H groups in total. The van der Waals surface area contributed by atoms with Gasteiger partial charge in [0.2, 0.25) is 0 Å². The average molecular weight is 428 g/mol. The molecule has 0 bridgehead atoms. The Balaban J connectivity index is 1.79. The first-order valence-corrected chi connectivity index (χ1v) is 10.5. The van der Waals surface area contributed by atoms with Gasteiger partial charge in [0, 0.05) is 20.1 Å². The van der Waals surface area contributed by atoms with Crippen molar-refractivity contribution < 1.29 is 26.7 Å². The molecule has 0 saturated carbocycles. The second-order valence-electron chi connectivity index (χ2n) is 7.48. The van der Waals surface area contributed by atoms with Gasteiger partial charge in [-0.15, -0.1) is 0 Å². The number of hydrogen-bond donors (Lipinski definition) is 2. The van der Waals surface area contributed by atoms with Crippen LogP contribution in [0.15, 0.2) is 36.4 Å². The van der Waals surface area contributed by atoms with Crippen molar-refractivity contribution in [3.8, 4) is 0 Å². The molecule has 158 valence electrons. The zero-order valence-corrected chi connectivity index (χ0v) is 16.9. The minimum absolute atomic E-state index is 0.217. The van der Waals surface area contributed by atoms with Crippen LogP contribution in [0.2, 0.25) is 0 Å². The van der Waals surface area contributed by atoms with Crippen LogP contribution in [-0.2, 0) is 42.3 Å². The van der Waals surface area contributed by atoms with Gasteiger partial charge in [-0.25, -0.2) is 0 Å². The van der Waals surface area contributed by atoms with Crippen molar-refractivity contribution in [3.05, 3.63) is 69.8 Å². The smallest absolute Gasteiger partial charge is 0.392 e. The predicted octanol–water partition coefficient (Wildman–Crippen LogP) is 2.65. The van der Waals surface area contributed by atoms with Crippen LogP contribution in [0.3, 0.4) is 0 Å². The zero-order chi connectivity index (χ0) is 21.4. The summed E-state index contributed by atoms with van der Waals surface area (Å²) in [5.41, 5.74) is 2.76. The van der Waals surface area contributed by atoms with Crippen LogP contribution in [0.1, 0.15) is 33.4 Å². The number of aliphatic hydroxyl groups excluding tert-OH is 1. The van der Waals surface area contributed by atoms with Crippen molar-refractivity contribution in [2.45, 2.75) is 38.1 Å². The summed E-state index contributed by atoms with van der Waals surface area (Å²) in [6.07, 6.45) is -3.09. The molecule has 0 fully saturated rings. The van der Waals surface area contributed by atoms with E-state index in [2.05, 4.69) is 4.72 Å². The van der Waals surface area contributed by atoms with Crippen LogP contribution < -0.4 is 4.72 Å². The number of alkyl halides is 3. The summed E-state index contributed by atoms with van der Waals surface area (Å²) in [5.74, 6) is 0. The molecule has 2 aromatic carbocycles. The molecule has 0 heterocycles. The number of aliphatic hydroxyl groups is 1. The molecular formula is C20H23F3N2O3S. The summed E-state index contributed by atoms with van der Waals surface area (Å²) in [6.45, 7) is -0.463. The van der Waals surface area contributed by atoms with Crippen molar-refractivity contribution in [3.63, 3.8) is 0 Å². The summed E-state index contributed by atoms with van der Waals surface area (Å²) in [5, 5.41) is 9.28. The highest BCUT2D eigenvalue weighted by atomic mass is 32.2. The van der Waals surface area contributed by atoms with Crippen LogP contribution in [0.5, 0.6) is 0 Å². The standard InChI is InChI=1S/C20H23F3N2O3S/c1-25(2)29(27,28)24-19-10-16-4-3-13(7-17(16)11-19)5-14-6-15(12-26)9-18(8-14)20(21,22)23/h3-4,6-9,19,24,26H,5,10-12H2,1-2H3. The normalized spacial score (nSPS) is 17.0. The van der Waals surface area contributed by atoms with Crippen LogP contribution in [0.4, 0.5) is 13.2 Å². The van der Waals surface area contributed by atoms with Gasteiger partial charge in [0.25, 0.3) is 10.2 Å². The van der Waals surface area contributed by atoms with Crippen molar-refractivity contribution >= 4 is 10.2 Å². The lowest BCUT2D eigenvalue weighted by molar-refractivity contribution is -0.137. The molecule has 5 nitrogen and oxygen atoms in total. The predicted molar refractivity (Wildman–Crippen MR) is 104 cm³/mol. The van der Waals surface area contributed by atoms with Gasteiger partial charge in [-0.05, 0) is 59.2 Å². The van der Waals surface area contributed by atoms with Gasteiger partial charge in [-0.2, -0.15) is 30.6 Å². The summed E-state index contributed by atoms with van der Waals surface area (Å²) in [4.78, 5) is 0. The molecule has 0 saturated heterocycles. The first-order valence-electron chi connectivity index (χ1n) is 9.09. The van der Waals surface area contributed by atoms with E-state index in [0.29, 0.717) is 18.4 Å². The van der Waals surface area contributed by atoms with E-state index in [0.717, 1.165) is 33.1 Å². The Labute approximate surface area is 168 Å². The Kier molecular flexibility index (Phi) is 6.05. The highest BCUT2D eigenvalue weighted by Gasteiger charge is 2.31. The Morgan fingerprint density at radius 1 is 1.03 bits per heavy atom. The quantitative estimate of drug-likeness (QED) is 0.743. The topological polar surface area (TPSA) is 69.6 Å². The van der Waals surface area contributed by atoms with E-state index in [1.54, 1.807) is 6.07 Å². The summed E-state index contributed by atoms with van der Waals surface area (Å²) in [7, 11) is -0.618. The molecule has 1 atom stereocenters. The maximum atomic E-state index is 13.1. The Morgan fingerprint density at radius 2 is 1.69 bits per heavy atom. The molecule has 0 spiro atoms. The van der Waals surface area contributed by atoms with Crippen molar-refractivity contribution in [2.24, 2.45) is 0 Å². The molecule has 2 aromatic rings. The lowest BCUT2D eigenvalue weighted by Gasteiger charge is -2.16. The summed E-state index contributed by atoms with van der Waals surface area (Å²) >= 11 is 0. The SMILES string of the molecule is CN(C)S(=O)(=O)NC1Cc2ccc(Cc3cc(CO)cc(C(F)(F)F)c3)cc2C1. The summed E-state index contributed by atoms with van der Waals surface area (Å²) in [6, 6.07) is 9.03. The maximum Gasteiger partial charge on any atom is 0.416 e. The van der Waals surface area contributed by atoms with Gasteiger partial charge in [0.15, 0.2) is 0 Å². The third kappa shape index (κ3) is 5.16. The van der Waals surface area contributed by atoms with E-state index >= 15 is 0 Å². The fourth-order valence-corrected chi connectivity index (χ4v) is 4.33. The minimum atomic E-state index is -4.48. The van der Waals surface area contributed by atoms with Crippen LogP contribution in [-0.4, -0.2) is 38.0 Å². The van der Waals surface area contributed by atoms with Gasteiger partial charge in [-0.3, -0.25) is 0 Å². The average Bonchev–Trinajstić information content (AvgIpc) is 3.01. The largest absolute Gasteiger partial charge is 0.416 e. The first-order chi connectivity index (χ1) is 13.5. The van der Waals surface area contributed by atoms with Crippen LogP contribution in [0, 0.1) is 0 Å². The minimum Gasteiger partial charge on any atom is -0.392 e. The Bertz CT molecular complexity index is 1000. The van der Waals surface area contributed by atoms with Gasteiger partial charge < -0.3 is 5.11 Å². The van der Waals surface area contributed by atoms with Gasteiger partial charge in [-0.1, -0.05) is 24.3 Å². The molecule has 9 heteroatoms. The number of halogens is 3. The second kappa shape index (κ2) is 8.06. The lowest BCUT2D eigenvalue weighted by Crippen LogP contribution is -2.42. The van der Waals surface area contributed by atoms with Gasteiger partial charge >= 0.3 is 6.18 Å². The number of hydrogen-bond acceptors (Lipinski definition) is 3. The maximum absolute atomic E-state index is 13.1. The number of nitrogens with zero attached hydrogens (tertiary/aromatic N) is 1. The van der Waals surface area contributed by atoms with E-state index in [1.807, 2.05) is 18.2 Å². The molecule has 1 aliphatic carbocycles. The number of rotatable bonds is 6. The third-order valence-electron chi connectivity index (χ3n) is 4.97. The van der Waals surface area contributed by atoms with E-state index in [4.69, 9.17) is 0 Å².